The van der Waals surface area contributed by atoms with Gasteiger partial charge in [-0.15, -0.1) is 0 Å². The van der Waals surface area contributed by atoms with E-state index in [1.165, 1.54) is 7.11 Å². The molecule has 2 N–H and O–H groups in total. The van der Waals surface area contributed by atoms with Crippen LogP contribution in [0.15, 0.2) is 76.3 Å². The van der Waals surface area contributed by atoms with Gasteiger partial charge >= 0.3 is 214 Å². The minimum atomic E-state index is -0.672. The molecule has 1 heterocycles. The van der Waals surface area contributed by atoms with Crippen LogP contribution in [0.3, 0.4) is 0 Å². The number of nitrogens with two attached hydrogens (primary N) is 1. The molecule has 6 nitrogen and oxygen atoms in total. The Bertz CT molecular complexity index is 1100. The topological polar surface area (TPSA) is 81.9 Å². The van der Waals surface area contributed by atoms with E-state index in [4.69, 9.17) is 15.2 Å². The average Bonchev–Trinajstić information content (AvgIpc) is 2.87. The quantitative estimate of drug-likeness (QED) is 0.293. The number of rotatable bonds is 9. The predicted molar refractivity (Wildman–Crippen MR) is 136 cm³/mol. The van der Waals surface area contributed by atoms with Gasteiger partial charge in [-0.2, -0.15) is 0 Å². The van der Waals surface area contributed by atoms with E-state index < -0.39 is 17.9 Å². The van der Waals surface area contributed by atoms with Crippen molar-refractivity contribution in [1.29, 1.82) is 0 Å². The van der Waals surface area contributed by atoms with Gasteiger partial charge in [0.1, 0.15) is 0 Å². The molecule has 34 heavy (non-hydrogen) atoms. The molecular weight excluding hydrogens is 515 g/mol. The van der Waals surface area contributed by atoms with Gasteiger partial charge in [-0.25, -0.2) is 0 Å². The molecule has 1 aliphatic heterocycles. The standard InChI is InChI=1S/C26H29N2O4SSe/c1-4-32-26(30)22-19(14-15-27)28(16-34)24(17-10-6-5-7-11-17)23(25(29)31-2)21(22)18-12-8-9-13-20(18)33-3/h5-13,21H,4,14-16,27H2,1-3H3. The second-order valence-electron chi connectivity index (χ2n) is 7.47. The Kier molecular flexibility index (Phi) is 9.42. The first kappa shape index (κ1) is 26.1. The van der Waals surface area contributed by atoms with E-state index in [-0.39, 0.29) is 6.61 Å². The summed E-state index contributed by atoms with van der Waals surface area (Å²) < 4.78 is 10.8. The van der Waals surface area contributed by atoms with Crippen molar-refractivity contribution in [3.05, 3.63) is 82.6 Å². The SMILES string of the molecule is CCOC(=O)C1=C(CCN)N(C[Se])C(c2ccccc2)=C(C(=O)OC)C1c1ccccc1SC. The number of ether oxygens (including phenoxy) is 2. The summed E-state index contributed by atoms with van der Waals surface area (Å²) in [5, 5.41) is 0. The molecule has 1 atom stereocenters. The molecule has 2 aromatic carbocycles. The summed E-state index contributed by atoms with van der Waals surface area (Å²) in [5.74, 6) is -1.62. The Balaban J connectivity index is 2.48. The van der Waals surface area contributed by atoms with Crippen molar-refractivity contribution in [1.82, 2.24) is 4.90 Å². The molecule has 0 saturated heterocycles. The number of nitrogens with zero attached hydrogens (tertiary/aromatic N) is 1. The molecule has 0 fully saturated rings. The van der Waals surface area contributed by atoms with Crippen LogP contribution in [-0.2, 0) is 19.1 Å². The van der Waals surface area contributed by atoms with Gasteiger partial charge in [-0.3, -0.25) is 0 Å². The molecule has 1 unspecified atom stereocenters. The number of thioether (sulfide) groups is 1. The molecule has 0 bridgehead atoms. The first-order chi connectivity index (χ1) is 16.5. The van der Waals surface area contributed by atoms with Crippen LogP contribution in [0.4, 0.5) is 0 Å². The van der Waals surface area contributed by atoms with E-state index in [0.29, 0.717) is 35.3 Å². The van der Waals surface area contributed by atoms with Crippen molar-refractivity contribution in [2.45, 2.75) is 24.2 Å². The van der Waals surface area contributed by atoms with Crippen molar-refractivity contribution in [3.8, 4) is 0 Å². The zero-order valence-electron chi connectivity index (χ0n) is 19.6. The fraction of sp³-hybridized carbons (Fsp3) is 0.308. The fourth-order valence-corrected chi connectivity index (χ4v) is 5.55. The third-order valence-electron chi connectivity index (χ3n) is 5.65. The van der Waals surface area contributed by atoms with E-state index in [9.17, 15) is 9.59 Å². The van der Waals surface area contributed by atoms with Gasteiger partial charge in [0.05, 0.1) is 0 Å². The van der Waals surface area contributed by atoms with Crippen molar-refractivity contribution in [3.63, 3.8) is 0 Å². The van der Waals surface area contributed by atoms with E-state index >= 15 is 0 Å². The van der Waals surface area contributed by atoms with Gasteiger partial charge in [0.25, 0.3) is 0 Å². The molecular formula is C26H29N2O4SSe. The van der Waals surface area contributed by atoms with Crippen LogP contribution in [0.5, 0.6) is 0 Å². The Morgan fingerprint density at radius 3 is 2.32 bits per heavy atom. The van der Waals surface area contributed by atoms with Gasteiger partial charge in [0.2, 0.25) is 0 Å². The number of hydrogen-bond donors (Lipinski definition) is 1. The molecule has 8 heteroatoms. The van der Waals surface area contributed by atoms with Crippen LogP contribution in [0, 0.1) is 0 Å². The van der Waals surface area contributed by atoms with E-state index in [0.717, 1.165) is 21.7 Å². The summed E-state index contributed by atoms with van der Waals surface area (Å²) in [6.45, 7) is 2.32. The summed E-state index contributed by atoms with van der Waals surface area (Å²) in [6, 6.07) is 17.5. The van der Waals surface area contributed by atoms with Crippen LogP contribution >= 0.6 is 11.8 Å². The van der Waals surface area contributed by atoms with Crippen molar-refractivity contribution in [2.75, 3.05) is 32.0 Å². The van der Waals surface area contributed by atoms with Gasteiger partial charge < -0.3 is 0 Å². The third kappa shape index (κ3) is 5.10. The maximum absolute atomic E-state index is 13.5. The summed E-state index contributed by atoms with van der Waals surface area (Å²) >= 11 is 4.62. The Morgan fingerprint density at radius 1 is 1.06 bits per heavy atom. The van der Waals surface area contributed by atoms with Crippen molar-refractivity contribution < 1.29 is 19.1 Å². The zero-order valence-corrected chi connectivity index (χ0v) is 22.1. The van der Waals surface area contributed by atoms with Crippen LogP contribution in [0.1, 0.15) is 30.4 Å². The Labute approximate surface area is 213 Å². The number of carbonyl (C=O) groups excluding carboxylic acids is 2. The molecule has 0 aliphatic carbocycles. The summed E-state index contributed by atoms with van der Waals surface area (Å²) in [4.78, 5) is 29.9. The number of methoxy groups -OCH3 is 1. The molecule has 0 saturated carbocycles. The normalized spacial score (nSPS) is 16.0. The first-order valence-electron chi connectivity index (χ1n) is 11.0. The minimum absolute atomic E-state index is 0.218. The summed E-state index contributed by atoms with van der Waals surface area (Å²) in [6.07, 6.45) is 2.42. The van der Waals surface area contributed by atoms with Crippen molar-refractivity contribution >= 4 is 45.4 Å². The van der Waals surface area contributed by atoms with Gasteiger partial charge in [0, 0.05) is 0 Å². The van der Waals surface area contributed by atoms with E-state index in [2.05, 4.69) is 16.0 Å². The number of esters is 2. The Hall–Kier alpha value is -2.51. The van der Waals surface area contributed by atoms with Crippen LogP contribution in [0.2, 0.25) is 0 Å². The monoisotopic (exact) mass is 545 g/mol. The molecule has 1 aliphatic rings. The molecule has 3 rings (SSSR count). The molecule has 0 amide bonds. The molecule has 0 aromatic heterocycles. The number of hydrogen-bond acceptors (Lipinski definition) is 7. The van der Waals surface area contributed by atoms with Crippen LogP contribution in [0.25, 0.3) is 5.70 Å². The molecule has 0 spiro atoms. The maximum atomic E-state index is 13.5. The first-order valence-corrected chi connectivity index (χ1v) is 13.4. The van der Waals surface area contributed by atoms with E-state index in [1.54, 1.807) is 18.7 Å². The van der Waals surface area contributed by atoms with Gasteiger partial charge in [-0.05, 0) is 0 Å². The van der Waals surface area contributed by atoms with Crippen LogP contribution < -0.4 is 5.73 Å². The van der Waals surface area contributed by atoms with E-state index in [1.807, 2.05) is 65.8 Å². The Morgan fingerprint density at radius 2 is 1.74 bits per heavy atom. The summed E-state index contributed by atoms with van der Waals surface area (Å²) in [5.41, 5.74) is 10.4. The fourth-order valence-electron chi connectivity index (χ4n) is 4.31. The second-order valence-corrected chi connectivity index (χ2v) is 8.86. The zero-order chi connectivity index (χ0) is 24.7. The van der Waals surface area contributed by atoms with Gasteiger partial charge in [-0.1, -0.05) is 0 Å². The third-order valence-corrected chi connectivity index (χ3v) is 7.00. The van der Waals surface area contributed by atoms with Gasteiger partial charge in [0.15, 0.2) is 0 Å². The number of carbonyl (C=O) groups is 2. The average molecular weight is 545 g/mol. The molecule has 1 radical (unpaired) electrons. The number of benzene rings is 2. The van der Waals surface area contributed by atoms with Crippen molar-refractivity contribution in [2.24, 2.45) is 5.73 Å². The summed E-state index contributed by atoms with van der Waals surface area (Å²) in [7, 11) is 1.36. The predicted octanol–water partition coefficient (Wildman–Crippen LogP) is 3.68. The second kappa shape index (κ2) is 12.3. The van der Waals surface area contributed by atoms with Crippen LogP contribution in [-0.4, -0.2) is 64.8 Å². The molecule has 179 valence electrons. The molecule has 2 aromatic rings.